The van der Waals surface area contributed by atoms with Crippen LogP contribution in [0.1, 0.15) is 25.0 Å². The standard InChI is InChI=1S/C9H13N3O2S/c1-6-8(12-14-11-6)10-9(13)7-4-2-3-5-15-7/h7H,2-5H2,1H3,(H,10,12,13). The molecule has 1 unspecified atom stereocenters. The SMILES string of the molecule is Cc1nonc1NC(=O)C1CCCCS1. The van der Waals surface area contributed by atoms with Gasteiger partial charge in [-0.3, -0.25) is 4.79 Å². The number of anilines is 1. The number of thioether (sulfide) groups is 1. The topological polar surface area (TPSA) is 68.0 Å². The second-order valence-electron chi connectivity index (χ2n) is 3.54. The fourth-order valence-electron chi connectivity index (χ4n) is 1.49. The molecule has 5 nitrogen and oxygen atoms in total. The van der Waals surface area contributed by atoms with Crippen molar-refractivity contribution in [3.8, 4) is 0 Å². The number of hydrogen-bond acceptors (Lipinski definition) is 5. The Bertz CT molecular complexity index is 347. The van der Waals surface area contributed by atoms with Crippen molar-refractivity contribution >= 4 is 23.5 Å². The minimum Gasteiger partial charge on any atom is -0.305 e. The molecule has 1 aliphatic rings. The first-order chi connectivity index (χ1) is 7.27. The number of amides is 1. The van der Waals surface area contributed by atoms with Crippen molar-refractivity contribution in [3.63, 3.8) is 0 Å². The molecule has 1 atom stereocenters. The summed E-state index contributed by atoms with van der Waals surface area (Å²) in [6.07, 6.45) is 3.28. The van der Waals surface area contributed by atoms with Gasteiger partial charge in [0, 0.05) is 0 Å². The predicted molar refractivity (Wildman–Crippen MR) is 57.8 cm³/mol. The summed E-state index contributed by atoms with van der Waals surface area (Å²) in [4.78, 5) is 11.8. The maximum Gasteiger partial charge on any atom is 0.238 e. The third-order valence-corrected chi connectivity index (χ3v) is 3.74. The van der Waals surface area contributed by atoms with Crippen LogP contribution in [0, 0.1) is 6.92 Å². The van der Waals surface area contributed by atoms with E-state index in [1.165, 1.54) is 6.42 Å². The lowest BCUT2D eigenvalue weighted by molar-refractivity contribution is -0.115. The number of aromatic nitrogens is 2. The fourth-order valence-corrected chi connectivity index (χ4v) is 2.69. The quantitative estimate of drug-likeness (QED) is 0.831. The summed E-state index contributed by atoms with van der Waals surface area (Å²) in [5.74, 6) is 1.51. The van der Waals surface area contributed by atoms with Crippen LogP contribution in [0.3, 0.4) is 0 Å². The van der Waals surface area contributed by atoms with Crippen molar-refractivity contribution in [1.29, 1.82) is 0 Å². The molecule has 0 aromatic carbocycles. The van der Waals surface area contributed by atoms with Gasteiger partial charge in [0.2, 0.25) is 5.91 Å². The molecule has 0 radical (unpaired) electrons. The van der Waals surface area contributed by atoms with Crippen molar-refractivity contribution in [1.82, 2.24) is 10.3 Å². The number of nitrogens with zero attached hydrogens (tertiary/aromatic N) is 2. The van der Waals surface area contributed by atoms with Crippen LogP contribution < -0.4 is 5.32 Å². The summed E-state index contributed by atoms with van der Waals surface area (Å²) in [7, 11) is 0. The summed E-state index contributed by atoms with van der Waals surface area (Å²) in [5, 5.41) is 10.0. The third-order valence-electron chi connectivity index (χ3n) is 2.37. The van der Waals surface area contributed by atoms with E-state index < -0.39 is 0 Å². The maximum atomic E-state index is 11.8. The normalized spacial score (nSPS) is 21.3. The second-order valence-corrected chi connectivity index (χ2v) is 4.85. The Morgan fingerprint density at radius 3 is 3.00 bits per heavy atom. The average molecular weight is 227 g/mol. The average Bonchev–Trinajstić information content (AvgIpc) is 2.66. The van der Waals surface area contributed by atoms with E-state index in [1.807, 2.05) is 0 Å². The number of aryl methyl sites for hydroxylation is 1. The molecule has 15 heavy (non-hydrogen) atoms. The van der Waals surface area contributed by atoms with Gasteiger partial charge in [-0.25, -0.2) is 4.63 Å². The first-order valence-electron chi connectivity index (χ1n) is 4.99. The molecule has 1 amide bonds. The number of hydrogen-bond donors (Lipinski definition) is 1. The maximum absolute atomic E-state index is 11.8. The molecular formula is C9H13N3O2S. The van der Waals surface area contributed by atoms with E-state index in [0.717, 1.165) is 18.6 Å². The van der Waals surface area contributed by atoms with Gasteiger partial charge >= 0.3 is 0 Å². The highest BCUT2D eigenvalue weighted by Gasteiger charge is 2.23. The monoisotopic (exact) mass is 227 g/mol. The van der Waals surface area contributed by atoms with E-state index >= 15 is 0 Å². The Kier molecular flexibility index (Phi) is 3.25. The Hall–Kier alpha value is -1.04. The molecule has 0 spiro atoms. The van der Waals surface area contributed by atoms with E-state index in [4.69, 9.17) is 0 Å². The zero-order chi connectivity index (χ0) is 10.7. The zero-order valence-corrected chi connectivity index (χ0v) is 9.34. The van der Waals surface area contributed by atoms with Crippen molar-refractivity contribution in [3.05, 3.63) is 5.69 Å². The highest BCUT2D eigenvalue weighted by atomic mass is 32.2. The summed E-state index contributed by atoms with van der Waals surface area (Å²) >= 11 is 1.71. The Morgan fingerprint density at radius 2 is 2.40 bits per heavy atom. The first kappa shape index (κ1) is 10.5. The van der Waals surface area contributed by atoms with Gasteiger partial charge in [-0.2, -0.15) is 0 Å². The molecule has 0 aliphatic carbocycles. The van der Waals surface area contributed by atoms with Crippen molar-refractivity contribution in [2.75, 3.05) is 11.1 Å². The van der Waals surface area contributed by atoms with Crippen molar-refractivity contribution in [2.45, 2.75) is 31.4 Å². The minimum absolute atomic E-state index is 0.0125. The molecular weight excluding hydrogens is 214 g/mol. The van der Waals surface area contributed by atoms with Crippen molar-refractivity contribution < 1.29 is 9.42 Å². The molecule has 2 heterocycles. The van der Waals surface area contributed by atoms with Crippen LogP contribution in [0.25, 0.3) is 0 Å². The van der Waals surface area contributed by atoms with E-state index in [2.05, 4.69) is 20.3 Å². The molecule has 1 saturated heterocycles. The van der Waals surface area contributed by atoms with E-state index in [0.29, 0.717) is 11.5 Å². The summed E-state index contributed by atoms with van der Waals surface area (Å²) in [5.41, 5.74) is 0.615. The molecule has 1 aliphatic heterocycles. The zero-order valence-electron chi connectivity index (χ0n) is 8.52. The fraction of sp³-hybridized carbons (Fsp3) is 0.667. The summed E-state index contributed by atoms with van der Waals surface area (Å²) in [6, 6.07) is 0. The molecule has 1 aromatic heterocycles. The first-order valence-corrected chi connectivity index (χ1v) is 6.04. The molecule has 1 aromatic rings. The molecule has 0 bridgehead atoms. The highest BCUT2D eigenvalue weighted by Crippen LogP contribution is 2.26. The number of carbonyl (C=O) groups is 1. The predicted octanol–water partition coefficient (Wildman–Crippen LogP) is 1.60. The van der Waals surface area contributed by atoms with E-state index in [-0.39, 0.29) is 11.2 Å². The van der Waals surface area contributed by atoms with E-state index in [1.54, 1.807) is 18.7 Å². The molecule has 0 saturated carbocycles. The van der Waals surface area contributed by atoms with Crippen LogP contribution in [0.4, 0.5) is 5.82 Å². The summed E-state index contributed by atoms with van der Waals surface area (Å²) in [6.45, 7) is 1.75. The van der Waals surface area contributed by atoms with Crippen LogP contribution in [-0.4, -0.2) is 27.2 Å². The molecule has 82 valence electrons. The van der Waals surface area contributed by atoms with Gasteiger partial charge in [-0.1, -0.05) is 11.6 Å². The van der Waals surface area contributed by atoms with Gasteiger partial charge in [0.15, 0.2) is 5.82 Å². The Balaban J connectivity index is 1.94. The minimum atomic E-state index is 0.0125. The van der Waals surface area contributed by atoms with Gasteiger partial charge in [0.05, 0.1) is 5.25 Å². The van der Waals surface area contributed by atoms with Gasteiger partial charge in [0.1, 0.15) is 5.69 Å². The van der Waals surface area contributed by atoms with Crippen LogP contribution in [0.2, 0.25) is 0 Å². The van der Waals surface area contributed by atoms with Crippen LogP contribution >= 0.6 is 11.8 Å². The Labute approximate surface area is 92.0 Å². The van der Waals surface area contributed by atoms with Crippen LogP contribution in [-0.2, 0) is 4.79 Å². The molecule has 6 heteroatoms. The third kappa shape index (κ3) is 2.50. The van der Waals surface area contributed by atoms with Crippen LogP contribution in [0.15, 0.2) is 4.63 Å². The Morgan fingerprint density at radius 1 is 1.53 bits per heavy atom. The van der Waals surface area contributed by atoms with Gasteiger partial charge < -0.3 is 5.32 Å². The summed E-state index contributed by atoms with van der Waals surface area (Å²) < 4.78 is 4.51. The smallest absolute Gasteiger partial charge is 0.238 e. The van der Waals surface area contributed by atoms with Gasteiger partial charge in [-0.05, 0) is 30.7 Å². The highest BCUT2D eigenvalue weighted by molar-refractivity contribution is 8.00. The lowest BCUT2D eigenvalue weighted by Crippen LogP contribution is -2.27. The molecule has 1 N–H and O–H groups in total. The lowest BCUT2D eigenvalue weighted by atomic mass is 10.2. The van der Waals surface area contributed by atoms with Gasteiger partial charge in [-0.15, -0.1) is 11.8 Å². The van der Waals surface area contributed by atoms with E-state index in [9.17, 15) is 4.79 Å². The van der Waals surface area contributed by atoms with Crippen LogP contribution in [0.5, 0.6) is 0 Å². The number of carbonyl (C=O) groups excluding carboxylic acids is 1. The van der Waals surface area contributed by atoms with Crippen molar-refractivity contribution in [2.24, 2.45) is 0 Å². The second kappa shape index (κ2) is 4.65. The molecule has 1 fully saturated rings. The number of rotatable bonds is 2. The number of nitrogens with one attached hydrogen (secondary N) is 1. The largest absolute Gasteiger partial charge is 0.305 e. The van der Waals surface area contributed by atoms with Gasteiger partial charge in [0.25, 0.3) is 0 Å². The molecule has 2 rings (SSSR count). The lowest BCUT2D eigenvalue weighted by Gasteiger charge is -2.19.